The summed E-state index contributed by atoms with van der Waals surface area (Å²) in [4.78, 5) is 10.4. The van der Waals surface area contributed by atoms with Gasteiger partial charge in [0.15, 0.2) is 6.29 Å². The van der Waals surface area contributed by atoms with E-state index in [9.17, 15) is 9.18 Å². The lowest BCUT2D eigenvalue weighted by molar-refractivity contribution is -0.134. The highest BCUT2D eigenvalue weighted by molar-refractivity contribution is 9.10. The fraction of sp³-hybridized carbons (Fsp3) is 0.222. The molecule has 0 fully saturated rings. The van der Waals surface area contributed by atoms with Crippen LogP contribution in [0.25, 0.3) is 0 Å². The summed E-state index contributed by atoms with van der Waals surface area (Å²) in [5.41, 5.74) is 0.712. The zero-order valence-corrected chi connectivity index (χ0v) is 8.17. The van der Waals surface area contributed by atoms with Gasteiger partial charge < -0.3 is 4.74 Å². The van der Waals surface area contributed by atoms with Crippen molar-refractivity contribution >= 4 is 22.2 Å². The topological polar surface area (TPSA) is 26.3 Å². The molecule has 1 aromatic carbocycles. The van der Waals surface area contributed by atoms with Gasteiger partial charge in [0.05, 0.1) is 6.42 Å². The number of fused-ring (bicyclic) bond motifs is 1. The normalized spacial score (nSPS) is 25.1. The molecule has 1 aliphatic heterocycles. The average Bonchev–Trinajstić information content (AvgIpc) is 2.42. The maximum atomic E-state index is 13.4. The number of alkyl halides is 1. The number of hydrogen-bond acceptors (Lipinski definition) is 2. The van der Waals surface area contributed by atoms with Crippen LogP contribution >= 0.6 is 15.9 Å². The van der Waals surface area contributed by atoms with Crippen LogP contribution in [-0.2, 0) is 11.2 Å². The Balaban J connectivity index is 2.40. The number of rotatable bonds is 1. The van der Waals surface area contributed by atoms with Crippen molar-refractivity contribution in [3.05, 3.63) is 28.2 Å². The molecule has 2 rings (SSSR count). The Kier molecular flexibility index (Phi) is 1.87. The highest BCUT2D eigenvalue weighted by Gasteiger charge is 2.39. The number of carbonyl (C=O) groups excluding carboxylic acids is 1. The molecule has 0 N–H and O–H groups in total. The molecule has 68 valence electrons. The van der Waals surface area contributed by atoms with E-state index >= 15 is 0 Å². The first-order chi connectivity index (χ1) is 6.13. The number of ether oxygens (including phenoxy) is 1. The van der Waals surface area contributed by atoms with Crippen molar-refractivity contribution < 1.29 is 13.9 Å². The second-order valence-electron chi connectivity index (χ2n) is 2.93. The second-order valence-corrected chi connectivity index (χ2v) is 3.85. The molecule has 1 heterocycles. The predicted octanol–water partition coefficient (Wildman–Crippen LogP) is 2.25. The fourth-order valence-electron chi connectivity index (χ4n) is 1.33. The number of benzene rings is 1. The third-order valence-electron chi connectivity index (χ3n) is 1.91. The summed E-state index contributed by atoms with van der Waals surface area (Å²) in [7, 11) is 0. The van der Waals surface area contributed by atoms with Gasteiger partial charge in [-0.15, -0.1) is 0 Å². The molecule has 0 aromatic heterocycles. The minimum absolute atomic E-state index is 0.00866. The largest absolute Gasteiger partial charge is 0.451 e. The summed E-state index contributed by atoms with van der Waals surface area (Å²) >= 11 is 3.26. The van der Waals surface area contributed by atoms with Crippen molar-refractivity contribution in [2.75, 3.05) is 0 Å². The smallest absolute Gasteiger partial charge is 0.307 e. The van der Waals surface area contributed by atoms with Crippen molar-refractivity contribution in [1.29, 1.82) is 0 Å². The molecule has 1 atom stereocenters. The van der Waals surface area contributed by atoms with Crippen molar-refractivity contribution in [3.63, 3.8) is 0 Å². The molecule has 1 unspecified atom stereocenters. The van der Waals surface area contributed by atoms with Gasteiger partial charge in [-0.1, -0.05) is 15.9 Å². The highest BCUT2D eigenvalue weighted by atomic mass is 79.9. The standard InChI is InChI=1S/C9H6BrFO2/c10-7-1-2-8-6(3-7)4-9(11,5-12)13-8/h1-3,5H,4H2. The van der Waals surface area contributed by atoms with Gasteiger partial charge in [-0.25, -0.2) is 0 Å². The van der Waals surface area contributed by atoms with Gasteiger partial charge in [0, 0.05) is 10.0 Å². The van der Waals surface area contributed by atoms with Gasteiger partial charge in [-0.05, 0) is 18.2 Å². The fourth-order valence-corrected chi connectivity index (χ4v) is 1.74. The summed E-state index contributed by atoms with van der Waals surface area (Å²) in [5.74, 6) is -1.72. The average molecular weight is 245 g/mol. The Bertz CT molecular complexity index is 367. The molecule has 0 saturated carbocycles. The summed E-state index contributed by atoms with van der Waals surface area (Å²) in [6.07, 6.45) is 0.187. The van der Waals surface area contributed by atoms with E-state index in [0.717, 1.165) is 4.47 Å². The van der Waals surface area contributed by atoms with E-state index in [-0.39, 0.29) is 12.7 Å². The van der Waals surface area contributed by atoms with Gasteiger partial charge in [0.1, 0.15) is 5.75 Å². The van der Waals surface area contributed by atoms with Crippen LogP contribution in [0.3, 0.4) is 0 Å². The maximum Gasteiger partial charge on any atom is 0.307 e. The lowest BCUT2D eigenvalue weighted by Gasteiger charge is -2.09. The first-order valence-electron chi connectivity index (χ1n) is 3.76. The highest BCUT2D eigenvalue weighted by Crippen LogP contribution is 2.36. The lowest BCUT2D eigenvalue weighted by Crippen LogP contribution is -2.29. The molecule has 1 aliphatic rings. The summed E-state index contributed by atoms with van der Waals surface area (Å²) in [6, 6.07) is 5.14. The van der Waals surface area contributed by atoms with Crippen LogP contribution < -0.4 is 4.74 Å². The van der Waals surface area contributed by atoms with Crippen LogP contribution in [0.2, 0.25) is 0 Å². The Labute approximate surface area is 82.8 Å². The van der Waals surface area contributed by atoms with E-state index in [0.29, 0.717) is 11.3 Å². The molecule has 0 aliphatic carbocycles. The molecule has 4 heteroatoms. The van der Waals surface area contributed by atoms with Crippen LogP contribution in [0, 0.1) is 0 Å². The summed E-state index contributed by atoms with van der Waals surface area (Å²) < 4.78 is 19.1. The van der Waals surface area contributed by atoms with Crippen molar-refractivity contribution in [2.45, 2.75) is 12.3 Å². The first-order valence-corrected chi connectivity index (χ1v) is 4.55. The number of halogens is 2. The van der Waals surface area contributed by atoms with Crippen LogP contribution in [0.15, 0.2) is 22.7 Å². The molecule has 0 saturated heterocycles. The van der Waals surface area contributed by atoms with Gasteiger partial charge >= 0.3 is 5.85 Å². The van der Waals surface area contributed by atoms with Crippen molar-refractivity contribution in [2.24, 2.45) is 0 Å². The zero-order valence-electron chi connectivity index (χ0n) is 6.59. The molecular formula is C9H6BrFO2. The number of hydrogen-bond donors (Lipinski definition) is 0. The Morgan fingerprint density at radius 1 is 1.62 bits per heavy atom. The molecule has 0 amide bonds. The molecule has 0 bridgehead atoms. The molecule has 0 spiro atoms. The monoisotopic (exact) mass is 244 g/mol. The van der Waals surface area contributed by atoms with Crippen molar-refractivity contribution in [1.82, 2.24) is 0 Å². The third kappa shape index (κ3) is 1.46. The summed E-state index contributed by atoms with van der Waals surface area (Å²) in [6.45, 7) is 0. The molecule has 13 heavy (non-hydrogen) atoms. The SMILES string of the molecule is O=CC1(F)Cc2cc(Br)ccc2O1. The van der Waals surface area contributed by atoms with Crippen LogP contribution in [0.1, 0.15) is 5.56 Å². The molecule has 2 nitrogen and oxygen atoms in total. The number of aldehydes is 1. The quantitative estimate of drug-likeness (QED) is 0.709. The zero-order chi connectivity index (χ0) is 9.47. The Morgan fingerprint density at radius 3 is 3.08 bits per heavy atom. The molecular weight excluding hydrogens is 239 g/mol. The van der Waals surface area contributed by atoms with Crippen LogP contribution in [-0.4, -0.2) is 12.1 Å². The molecule has 0 radical (unpaired) electrons. The van der Waals surface area contributed by atoms with Gasteiger partial charge in [-0.3, -0.25) is 4.79 Å². The Hall–Kier alpha value is -0.900. The van der Waals surface area contributed by atoms with Crippen molar-refractivity contribution in [3.8, 4) is 5.75 Å². The second kappa shape index (κ2) is 2.80. The van der Waals surface area contributed by atoms with Crippen LogP contribution in [0.4, 0.5) is 4.39 Å². The first kappa shape index (κ1) is 8.69. The van der Waals surface area contributed by atoms with E-state index in [1.807, 2.05) is 0 Å². The lowest BCUT2D eigenvalue weighted by atomic mass is 10.1. The minimum atomic E-state index is -2.16. The number of carbonyl (C=O) groups is 1. The predicted molar refractivity (Wildman–Crippen MR) is 48.4 cm³/mol. The van der Waals surface area contributed by atoms with E-state index in [4.69, 9.17) is 4.74 Å². The van der Waals surface area contributed by atoms with Gasteiger partial charge in [0.2, 0.25) is 0 Å². The van der Waals surface area contributed by atoms with Crippen LogP contribution in [0.5, 0.6) is 5.75 Å². The Morgan fingerprint density at radius 2 is 2.38 bits per heavy atom. The van der Waals surface area contributed by atoms with E-state index in [1.165, 1.54) is 0 Å². The van der Waals surface area contributed by atoms with Gasteiger partial charge in [0.25, 0.3) is 0 Å². The van der Waals surface area contributed by atoms with E-state index < -0.39 is 5.85 Å². The van der Waals surface area contributed by atoms with E-state index in [1.54, 1.807) is 18.2 Å². The molecule has 1 aromatic rings. The van der Waals surface area contributed by atoms with Gasteiger partial charge in [-0.2, -0.15) is 4.39 Å². The third-order valence-corrected chi connectivity index (χ3v) is 2.40. The summed E-state index contributed by atoms with van der Waals surface area (Å²) in [5, 5.41) is 0. The van der Waals surface area contributed by atoms with E-state index in [2.05, 4.69) is 15.9 Å². The minimum Gasteiger partial charge on any atom is -0.451 e. The maximum absolute atomic E-state index is 13.4.